The number of carbonyl (C=O) groups excluding carboxylic acids is 2. The van der Waals surface area contributed by atoms with Crippen LogP contribution in [0.2, 0.25) is 0 Å². The number of nitrogens with one attached hydrogen (secondary N) is 1. The number of furan rings is 1. The van der Waals surface area contributed by atoms with E-state index in [0.29, 0.717) is 37.6 Å². The van der Waals surface area contributed by atoms with E-state index in [9.17, 15) is 14.0 Å². The molecule has 0 spiro atoms. The number of methoxy groups -OCH3 is 1. The van der Waals surface area contributed by atoms with Crippen molar-refractivity contribution in [3.63, 3.8) is 0 Å². The second kappa shape index (κ2) is 11.4. The van der Waals surface area contributed by atoms with E-state index in [1.54, 1.807) is 25.3 Å². The van der Waals surface area contributed by atoms with Crippen LogP contribution >= 0.6 is 0 Å². The lowest BCUT2D eigenvalue weighted by Crippen LogP contribution is -2.42. The molecule has 1 atom stereocenters. The van der Waals surface area contributed by atoms with Crippen molar-refractivity contribution < 1.29 is 27.9 Å². The van der Waals surface area contributed by atoms with Crippen LogP contribution in [0, 0.1) is 11.7 Å². The molecular formula is C28H31FN2O5. The molecular weight excluding hydrogens is 463 g/mol. The Hall–Kier alpha value is -3.65. The van der Waals surface area contributed by atoms with Gasteiger partial charge in [-0.1, -0.05) is 32.0 Å². The monoisotopic (exact) mass is 494 g/mol. The third kappa shape index (κ3) is 5.76. The zero-order chi connectivity index (χ0) is 25.7. The Kier molecular flexibility index (Phi) is 8.05. The number of nitrogens with zero attached hydrogens (tertiary/aromatic N) is 1. The van der Waals surface area contributed by atoms with Gasteiger partial charge in [0, 0.05) is 26.1 Å². The summed E-state index contributed by atoms with van der Waals surface area (Å²) in [4.78, 5) is 27.0. The standard InChI is InChI=1S/C28H31FN2O5/c1-18(2)28(33)31-13-11-19-7-8-22(16-24(19)26(31)20-5-4-6-21(29)15-20)35-17-23-9-10-25(36-23)27(32)30-12-14-34-3/h4-10,15-16,18,26H,11-14,17H2,1-3H3,(H,30,32). The highest BCUT2D eigenvalue weighted by Crippen LogP contribution is 2.38. The third-order valence-electron chi connectivity index (χ3n) is 6.15. The molecule has 1 aliphatic rings. The smallest absolute Gasteiger partial charge is 0.287 e. The van der Waals surface area contributed by atoms with Gasteiger partial charge in [0.25, 0.3) is 5.91 Å². The molecule has 2 amide bonds. The number of amides is 2. The van der Waals surface area contributed by atoms with Gasteiger partial charge in [0.15, 0.2) is 5.76 Å². The van der Waals surface area contributed by atoms with Gasteiger partial charge in [0.2, 0.25) is 5.91 Å². The van der Waals surface area contributed by atoms with Gasteiger partial charge in [-0.25, -0.2) is 4.39 Å². The minimum Gasteiger partial charge on any atom is -0.486 e. The minimum absolute atomic E-state index is 0.0214. The molecule has 0 saturated carbocycles. The first kappa shape index (κ1) is 25.4. The molecule has 36 heavy (non-hydrogen) atoms. The van der Waals surface area contributed by atoms with Crippen LogP contribution in [0.5, 0.6) is 5.75 Å². The first-order chi connectivity index (χ1) is 17.4. The van der Waals surface area contributed by atoms with E-state index >= 15 is 0 Å². The fourth-order valence-corrected chi connectivity index (χ4v) is 4.37. The predicted molar refractivity (Wildman–Crippen MR) is 132 cm³/mol. The predicted octanol–water partition coefficient (Wildman–Crippen LogP) is 4.50. The first-order valence-electron chi connectivity index (χ1n) is 12.0. The molecule has 1 aliphatic heterocycles. The third-order valence-corrected chi connectivity index (χ3v) is 6.15. The van der Waals surface area contributed by atoms with Gasteiger partial charge in [-0.3, -0.25) is 9.59 Å². The van der Waals surface area contributed by atoms with Gasteiger partial charge in [-0.2, -0.15) is 0 Å². The molecule has 4 rings (SSSR count). The van der Waals surface area contributed by atoms with Crippen molar-refractivity contribution in [3.05, 3.63) is 88.6 Å². The summed E-state index contributed by atoms with van der Waals surface area (Å²) in [5.74, 6) is 0.474. The molecule has 1 aromatic heterocycles. The van der Waals surface area contributed by atoms with Crippen LogP contribution in [0.15, 0.2) is 59.0 Å². The number of rotatable bonds is 9. The van der Waals surface area contributed by atoms with Crippen molar-refractivity contribution in [1.82, 2.24) is 10.2 Å². The molecule has 0 radical (unpaired) electrons. The van der Waals surface area contributed by atoms with Gasteiger partial charge in [0.05, 0.1) is 12.6 Å². The van der Waals surface area contributed by atoms with Gasteiger partial charge >= 0.3 is 0 Å². The number of benzene rings is 2. The van der Waals surface area contributed by atoms with Crippen molar-refractivity contribution >= 4 is 11.8 Å². The van der Waals surface area contributed by atoms with E-state index in [-0.39, 0.29) is 35.9 Å². The maximum absolute atomic E-state index is 14.1. The molecule has 0 bridgehead atoms. The van der Waals surface area contributed by atoms with Crippen LogP contribution in [0.25, 0.3) is 0 Å². The highest BCUT2D eigenvalue weighted by atomic mass is 19.1. The molecule has 2 aromatic carbocycles. The largest absolute Gasteiger partial charge is 0.486 e. The van der Waals surface area contributed by atoms with E-state index in [2.05, 4.69) is 5.32 Å². The van der Waals surface area contributed by atoms with Gasteiger partial charge < -0.3 is 24.1 Å². The topological polar surface area (TPSA) is 81.0 Å². The van der Waals surface area contributed by atoms with Gasteiger partial charge in [0.1, 0.15) is 23.9 Å². The van der Waals surface area contributed by atoms with Crippen molar-refractivity contribution in [2.75, 3.05) is 26.8 Å². The molecule has 1 N–H and O–H groups in total. The van der Waals surface area contributed by atoms with Crippen LogP contribution in [0.4, 0.5) is 4.39 Å². The molecule has 0 fully saturated rings. The molecule has 190 valence electrons. The Morgan fingerprint density at radius 2 is 2.00 bits per heavy atom. The summed E-state index contributed by atoms with van der Waals surface area (Å²) in [6, 6.07) is 15.1. The molecule has 1 unspecified atom stereocenters. The molecule has 2 heterocycles. The van der Waals surface area contributed by atoms with Gasteiger partial charge in [-0.05, 0) is 59.5 Å². The summed E-state index contributed by atoms with van der Waals surface area (Å²) in [7, 11) is 1.56. The summed E-state index contributed by atoms with van der Waals surface area (Å²) < 4.78 is 30.7. The summed E-state index contributed by atoms with van der Waals surface area (Å²) >= 11 is 0. The summed E-state index contributed by atoms with van der Waals surface area (Å²) in [6.07, 6.45) is 0.708. The molecule has 0 saturated heterocycles. The molecule has 8 heteroatoms. The van der Waals surface area contributed by atoms with Gasteiger partial charge in [-0.15, -0.1) is 0 Å². The van der Waals surface area contributed by atoms with E-state index in [4.69, 9.17) is 13.9 Å². The lowest BCUT2D eigenvalue weighted by molar-refractivity contribution is -0.136. The van der Waals surface area contributed by atoms with E-state index in [1.807, 2.05) is 43.0 Å². The summed E-state index contributed by atoms with van der Waals surface area (Å²) in [5.41, 5.74) is 2.73. The fraction of sp³-hybridized carbons (Fsp3) is 0.357. The maximum Gasteiger partial charge on any atom is 0.287 e. The highest BCUT2D eigenvalue weighted by molar-refractivity contribution is 5.91. The van der Waals surface area contributed by atoms with Crippen LogP contribution in [0.1, 0.15) is 52.9 Å². The molecule has 3 aromatic rings. The van der Waals surface area contributed by atoms with Crippen molar-refractivity contribution in [2.45, 2.75) is 32.9 Å². The maximum atomic E-state index is 14.1. The van der Waals surface area contributed by atoms with Crippen LogP contribution < -0.4 is 10.1 Å². The van der Waals surface area contributed by atoms with Crippen molar-refractivity contribution in [1.29, 1.82) is 0 Å². The SMILES string of the molecule is COCCNC(=O)c1ccc(COc2ccc3c(c2)C(c2cccc(F)c2)N(C(=O)C(C)C)CC3)o1. The zero-order valence-corrected chi connectivity index (χ0v) is 20.8. The fourth-order valence-electron chi connectivity index (χ4n) is 4.37. The number of halogens is 1. The number of hydrogen-bond acceptors (Lipinski definition) is 5. The number of ether oxygens (including phenoxy) is 2. The van der Waals surface area contributed by atoms with Crippen LogP contribution in [-0.2, 0) is 22.6 Å². The van der Waals surface area contributed by atoms with Crippen molar-refractivity contribution in [2.24, 2.45) is 5.92 Å². The Bertz CT molecular complexity index is 1220. The summed E-state index contributed by atoms with van der Waals surface area (Å²) in [6.45, 7) is 5.23. The van der Waals surface area contributed by atoms with Crippen LogP contribution in [-0.4, -0.2) is 43.5 Å². The first-order valence-corrected chi connectivity index (χ1v) is 12.0. The quantitative estimate of drug-likeness (QED) is 0.443. The minimum atomic E-state index is -0.408. The Morgan fingerprint density at radius 1 is 1.17 bits per heavy atom. The van der Waals surface area contributed by atoms with E-state index in [0.717, 1.165) is 16.7 Å². The lowest BCUT2D eigenvalue weighted by atomic mass is 9.87. The van der Waals surface area contributed by atoms with Crippen LogP contribution in [0.3, 0.4) is 0 Å². The highest BCUT2D eigenvalue weighted by Gasteiger charge is 2.33. The Labute approximate surface area is 210 Å². The van der Waals surface area contributed by atoms with E-state index in [1.165, 1.54) is 12.1 Å². The average Bonchev–Trinajstić information content (AvgIpc) is 3.35. The molecule has 0 aliphatic carbocycles. The number of fused-ring (bicyclic) bond motifs is 1. The lowest BCUT2D eigenvalue weighted by Gasteiger charge is -2.39. The number of hydrogen-bond donors (Lipinski definition) is 1. The Balaban J connectivity index is 1.55. The average molecular weight is 495 g/mol. The normalized spacial score (nSPS) is 15.0. The molecule has 7 nitrogen and oxygen atoms in total. The zero-order valence-electron chi connectivity index (χ0n) is 20.8. The summed E-state index contributed by atoms with van der Waals surface area (Å²) in [5, 5.41) is 2.71. The second-order valence-corrected chi connectivity index (χ2v) is 9.06. The number of carbonyl (C=O) groups is 2. The van der Waals surface area contributed by atoms with E-state index < -0.39 is 6.04 Å². The second-order valence-electron chi connectivity index (χ2n) is 9.06. The Morgan fingerprint density at radius 3 is 2.75 bits per heavy atom. The van der Waals surface area contributed by atoms with Crippen molar-refractivity contribution in [3.8, 4) is 5.75 Å².